The van der Waals surface area contributed by atoms with Crippen LogP contribution in [0.1, 0.15) is 37.6 Å². The fourth-order valence-corrected chi connectivity index (χ4v) is 2.41. The Hall–Kier alpha value is -2.89. The minimum Gasteiger partial charge on any atom is -0.478 e. The van der Waals surface area contributed by atoms with Crippen LogP contribution in [0.2, 0.25) is 0 Å². The highest BCUT2D eigenvalue weighted by Crippen LogP contribution is 2.20. The third kappa shape index (κ3) is 5.81. The first-order valence-electron chi connectivity index (χ1n) is 9.01. The standard InChI is InChI=1S/C21H25FN2O3/c1-4-18(27-19-12-8-6-10-16(19)22)21(26)24-17-11-7-5-9-15(17)20(25)23-13-14(2)3/h5-12,14,18H,4,13H2,1-3H3,(H,23,25)(H,24,26)/t18-/m0/s1. The molecule has 2 N–H and O–H groups in total. The molecule has 0 aliphatic carbocycles. The lowest BCUT2D eigenvalue weighted by molar-refractivity contribution is -0.122. The third-order valence-electron chi connectivity index (χ3n) is 3.87. The zero-order valence-corrected chi connectivity index (χ0v) is 15.8. The molecule has 0 spiro atoms. The number of amides is 2. The van der Waals surface area contributed by atoms with E-state index in [1.165, 1.54) is 12.1 Å². The highest BCUT2D eigenvalue weighted by atomic mass is 19.1. The molecule has 0 saturated carbocycles. The molecule has 144 valence electrons. The summed E-state index contributed by atoms with van der Waals surface area (Å²) in [7, 11) is 0. The number of benzene rings is 2. The number of rotatable bonds is 8. The van der Waals surface area contributed by atoms with Crippen molar-refractivity contribution >= 4 is 17.5 Å². The first-order valence-corrected chi connectivity index (χ1v) is 9.01. The van der Waals surface area contributed by atoms with Crippen LogP contribution in [0.5, 0.6) is 5.75 Å². The van der Waals surface area contributed by atoms with Gasteiger partial charge in [0.25, 0.3) is 11.8 Å². The van der Waals surface area contributed by atoms with Gasteiger partial charge < -0.3 is 15.4 Å². The van der Waals surface area contributed by atoms with Crippen LogP contribution in [-0.4, -0.2) is 24.5 Å². The maximum atomic E-state index is 13.8. The Morgan fingerprint density at radius 2 is 1.74 bits per heavy atom. The molecule has 2 aromatic carbocycles. The summed E-state index contributed by atoms with van der Waals surface area (Å²) in [4.78, 5) is 25.0. The molecule has 0 radical (unpaired) electrons. The molecule has 0 bridgehead atoms. The highest BCUT2D eigenvalue weighted by molar-refractivity contribution is 6.04. The number of para-hydroxylation sites is 2. The predicted octanol–water partition coefficient (Wildman–Crippen LogP) is 4.01. The number of hydrogen-bond acceptors (Lipinski definition) is 3. The van der Waals surface area contributed by atoms with Crippen molar-refractivity contribution in [1.82, 2.24) is 5.32 Å². The molecule has 0 aliphatic rings. The molecular formula is C21H25FN2O3. The van der Waals surface area contributed by atoms with E-state index >= 15 is 0 Å². The topological polar surface area (TPSA) is 67.4 Å². The van der Waals surface area contributed by atoms with E-state index in [4.69, 9.17) is 4.74 Å². The zero-order chi connectivity index (χ0) is 19.8. The van der Waals surface area contributed by atoms with Gasteiger partial charge in [-0.15, -0.1) is 0 Å². The van der Waals surface area contributed by atoms with Crippen molar-refractivity contribution in [2.75, 3.05) is 11.9 Å². The van der Waals surface area contributed by atoms with E-state index in [-0.39, 0.29) is 11.7 Å². The van der Waals surface area contributed by atoms with Crippen molar-refractivity contribution in [3.63, 3.8) is 0 Å². The van der Waals surface area contributed by atoms with Crippen LogP contribution in [0.15, 0.2) is 48.5 Å². The number of anilines is 1. The average Bonchev–Trinajstić information content (AvgIpc) is 2.65. The van der Waals surface area contributed by atoms with Crippen molar-refractivity contribution in [2.45, 2.75) is 33.3 Å². The van der Waals surface area contributed by atoms with Crippen LogP contribution in [-0.2, 0) is 4.79 Å². The average molecular weight is 372 g/mol. The molecule has 0 fully saturated rings. The molecule has 27 heavy (non-hydrogen) atoms. The lowest BCUT2D eigenvalue weighted by atomic mass is 10.1. The van der Waals surface area contributed by atoms with Crippen molar-refractivity contribution in [2.24, 2.45) is 5.92 Å². The number of carbonyl (C=O) groups is 2. The van der Waals surface area contributed by atoms with Crippen LogP contribution in [0, 0.1) is 11.7 Å². The molecule has 2 aromatic rings. The third-order valence-corrected chi connectivity index (χ3v) is 3.87. The monoisotopic (exact) mass is 372 g/mol. The predicted molar refractivity (Wildman–Crippen MR) is 103 cm³/mol. The molecule has 1 atom stereocenters. The maximum Gasteiger partial charge on any atom is 0.265 e. The van der Waals surface area contributed by atoms with Crippen molar-refractivity contribution in [1.29, 1.82) is 0 Å². The molecular weight excluding hydrogens is 347 g/mol. The Balaban J connectivity index is 2.12. The maximum absolute atomic E-state index is 13.8. The largest absolute Gasteiger partial charge is 0.478 e. The number of carbonyl (C=O) groups excluding carboxylic acids is 2. The van der Waals surface area contributed by atoms with Crippen LogP contribution in [0.4, 0.5) is 10.1 Å². The second-order valence-corrected chi connectivity index (χ2v) is 6.58. The van der Waals surface area contributed by atoms with Gasteiger partial charge in [-0.25, -0.2) is 4.39 Å². The fourth-order valence-electron chi connectivity index (χ4n) is 2.41. The summed E-state index contributed by atoms with van der Waals surface area (Å²) in [6.07, 6.45) is -0.532. The quantitative estimate of drug-likeness (QED) is 0.736. The van der Waals surface area contributed by atoms with Gasteiger partial charge in [0.1, 0.15) is 0 Å². The van der Waals surface area contributed by atoms with Gasteiger partial charge in [0.05, 0.1) is 11.3 Å². The highest BCUT2D eigenvalue weighted by Gasteiger charge is 2.22. The van der Waals surface area contributed by atoms with E-state index in [1.807, 2.05) is 13.8 Å². The van der Waals surface area contributed by atoms with Gasteiger partial charge in [-0.1, -0.05) is 45.0 Å². The lowest BCUT2D eigenvalue weighted by Gasteiger charge is -2.19. The van der Waals surface area contributed by atoms with Crippen LogP contribution >= 0.6 is 0 Å². The fraction of sp³-hybridized carbons (Fsp3) is 0.333. The van der Waals surface area contributed by atoms with Gasteiger partial charge in [-0.2, -0.15) is 0 Å². The number of halogens is 1. The van der Waals surface area contributed by atoms with E-state index in [2.05, 4.69) is 10.6 Å². The Morgan fingerprint density at radius 3 is 2.41 bits per heavy atom. The Bertz CT molecular complexity index is 793. The summed E-state index contributed by atoms with van der Waals surface area (Å²) in [5, 5.41) is 5.55. The van der Waals surface area contributed by atoms with Crippen LogP contribution in [0.25, 0.3) is 0 Å². The molecule has 0 aromatic heterocycles. The summed E-state index contributed by atoms with van der Waals surface area (Å²) < 4.78 is 19.3. The molecule has 5 nitrogen and oxygen atoms in total. The number of nitrogens with one attached hydrogen (secondary N) is 2. The van der Waals surface area contributed by atoms with Gasteiger partial charge in [0.15, 0.2) is 17.7 Å². The number of hydrogen-bond donors (Lipinski definition) is 2. The van der Waals surface area contributed by atoms with E-state index < -0.39 is 17.8 Å². The summed E-state index contributed by atoms with van der Waals surface area (Å²) >= 11 is 0. The van der Waals surface area contributed by atoms with E-state index in [9.17, 15) is 14.0 Å². The summed E-state index contributed by atoms with van der Waals surface area (Å²) in [6, 6.07) is 12.7. The van der Waals surface area contributed by atoms with E-state index in [0.717, 1.165) is 0 Å². The van der Waals surface area contributed by atoms with Crippen LogP contribution in [0.3, 0.4) is 0 Å². The summed E-state index contributed by atoms with van der Waals surface area (Å²) in [5.74, 6) is -0.901. The molecule has 2 rings (SSSR count). The van der Waals surface area contributed by atoms with Gasteiger partial charge in [-0.3, -0.25) is 9.59 Å². The van der Waals surface area contributed by atoms with Crippen LogP contribution < -0.4 is 15.4 Å². The molecule has 2 amide bonds. The smallest absolute Gasteiger partial charge is 0.265 e. The van der Waals surface area contributed by atoms with E-state index in [1.54, 1.807) is 43.3 Å². The Morgan fingerprint density at radius 1 is 1.07 bits per heavy atom. The molecule has 0 saturated heterocycles. The minimum atomic E-state index is -0.881. The summed E-state index contributed by atoms with van der Waals surface area (Å²) in [6.45, 7) is 6.31. The number of ether oxygens (including phenoxy) is 1. The second-order valence-electron chi connectivity index (χ2n) is 6.58. The van der Waals surface area contributed by atoms with E-state index in [0.29, 0.717) is 30.1 Å². The SMILES string of the molecule is CC[C@H](Oc1ccccc1F)C(=O)Nc1ccccc1C(=O)NCC(C)C. The van der Waals surface area contributed by atoms with Gasteiger partial charge in [0.2, 0.25) is 0 Å². The first-order chi connectivity index (χ1) is 12.9. The van der Waals surface area contributed by atoms with Gasteiger partial charge in [-0.05, 0) is 36.6 Å². The van der Waals surface area contributed by atoms with Gasteiger partial charge in [0, 0.05) is 6.54 Å². The summed E-state index contributed by atoms with van der Waals surface area (Å²) in [5.41, 5.74) is 0.756. The molecule has 0 unspecified atom stereocenters. The minimum absolute atomic E-state index is 0.0162. The molecule has 6 heteroatoms. The Labute approximate surface area is 158 Å². The zero-order valence-electron chi connectivity index (χ0n) is 15.8. The lowest BCUT2D eigenvalue weighted by Crippen LogP contribution is -2.34. The normalized spacial score (nSPS) is 11.7. The molecule has 0 heterocycles. The van der Waals surface area contributed by atoms with Crippen molar-refractivity contribution < 1.29 is 18.7 Å². The second kappa shape index (κ2) is 9.71. The van der Waals surface area contributed by atoms with Crippen molar-refractivity contribution in [3.8, 4) is 5.75 Å². The first kappa shape index (κ1) is 20.4. The molecule has 0 aliphatic heterocycles. The van der Waals surface area contributed by atoms with Gasteiger partial charge >= 0.3 is 0 Å². The Kier molecular flexibility index (Phi) is 7.34. The van der Waals surface area contributed by atoms with Crippen molar-refractivity contribution in [3.05, 3.63) is 59.9 Å².